The number of nitrogens with one attached hydrogen (secondary N) is 2. The van der Waals surface area contributed by atoms with Crippen molar-refractivity contribution in [3.8, 4) is 16.3 Å². The fourth-order valence-corrected chi connectivity index (χ4v) is 4.98. The average molecular weight is 492 g/mol. The zero-order valence-electron chi connectivity index (χ0n) is 18.8. The van der Waals surface area contributed by atoms with Crippen molar-refractivity contribution in [3.05, 3.63) is 69.7 Å². The molecule has 0 radical (unpaired) electrons. The average Bonchev–Trinajstić information content (AvgIpc) is 3.42. The maximum atomic E-state index is 12.9. The van der Waals surface area contributed by atoms with Crippen LogP contribution in [-0.4, -0.2) is 11.1 Å². The number of thiazole rings is 1. The van der Waals surface area contributed by atoms with Gasteiger partial charge in [-0.2, -0.15) is 13.2 Å². The van der Waals surface area contributed by atoms with E-state index in [-0.39, 0.29) is 6.10 Å². The van der Waals surface area contributed by atoms with E-state index in [1.807, 2.05) is 39.0 Å². The summed E-state index contributed by atoms with van der Waals surface area (Å²) in [5.74, 6) is 0.682. The maximum Gasteiger partial charge on any atom is 0.427 e. The van der Waals surface area contributed by atoms with Crippen molar-refractivity contribution in [1.29, 1.82) is 0 Å². The number of hydroxylamine groups is 1. The molecule has 1 aromatic heterocycles. The Labute approximate surface area is 199 Å². The lowest BCUT2D eigenvalue weighted by Crippen LogP contribution is -2.23. The standard InChI is InChI=1S/C24H24F3N3O3S/c1-4-14-12-17(10-11-18(14)21-29-23(31)33-30-21)32-19(5-2)20-13(3)28-22(34-20)15-6-8-16(9-7-15)24(25,26)27/h6-12,19,21,30H,4-5H2,1-3H3,(H,29,31). The Morgan fingerprint density at radius 3 is 2.50 bits per heavy atom. The zero-order valence-corrected chi connectivity index (χ0v) is 19.6. The molecule has 2 N–H and O–H groups in total. The first-order valence-electron chi connectivity index (χ1n) is 10.9. The van der Waals surface area contributed by atoms with Gasteiger partial charge in [0.15, 0.2) is 0 Å². The molecule has 0 spiro atoms. The van der Waals surface area contributed by atoms with Crippen LogP contribution in [0.5, 0.6) is 5.75 Å². The molecule has 6 nitrogen and oxygen atoms in total. The van der Waals surface area contributed by atoms with Crippen LogP contribution in [0.1, 0.15) is 59.8 Å². The molecule has 1 saturated heterocycles. The molecule has 10 heteroatoms. The molecule has 2 atom stereocenters. The van der Waals surface area contributed by atoms with Crippen LogP contribution < -0.4 is 15.5 Å². The number of benzene rings is 2. The lowest BCUT2D eigenvalue weighted by Gasteiger charge is -2.19. The van der Waals surface area contributed by atoms with E-state index in [1.54, 1.807) is 0 Å². The highest BCUT2D eigenvalue weighted by Gasteiger charge is 2.30. The van der Waals surface area contributed by atoms with Gasteiger partial charge < -0.3 is 9.57 Å². The Balaban J connectivity index is 1.55. The number of aryl methyl sites for hydroxylation is 2. The van der Waals surface area contributed by atoms with E-state index in [1.165, 1.54) is 23.5 Å². The van der Waals surface area contributed by atoms with Crippen molar-refractivity contribution < 1.29 is 27.5 Å². The van der Waals surface area contributed by atoms with Crippen LogP contribution in [0.4, 0.5) is 18.0 Å². The predicted octanol–water partition coefficient (Wildman–Crippen LogP) is 6.47. The summed E-state index contributed by atoms with van der Waals surface area (Å²) >= 11 is 1.42. The fraction of sp³-hybridized carbons (Fsp3) is 0.333. The minimum atomic E-state index is -4.37. The van der Waals surface area contributed by atoms with Crippen LogP contribution in [0.3, 0.4) is 0 Å². The number of ether oxygens (including phenoxy) is 1. The summed E-state index contributed by atoms with van der Waals surface area (Å²) in [5.41, 5.74) is 5.29. The van der Waals surface area contributed by atoms with Crippen molar-refractivity contribution in [3.63, 3.8) is 0 Å². The Kier molecular flexibility index (Phi) is 6.81. The molecule has 2 heterocycles. The van der Waals surface area contributed by atoms with Gasteiger partial charge in [-0.3, -0.25) is 5.32 Å². The second-order valence-electron chi connectivity index (χ2n) is 7.86. The van der Waals surface area contributed by atoms with E-state index < -0.39 is 24.0 Å². The summed E-state index contributed by atoms with van der Waals surface area (Å²) in [4.78, 5) is 21.6. The number of hydrogen-bond acceptors (Lipinski definition) is 6. The maximum absolute atomic E-state index is 12.9. The second kappa shape index (κ2) is 9.63. The van der Waals surface area contributed by atoms with E-state index in [0.717, 1.165) is 40.3 Å². The normalized spacial score (nSPS) is 16.8. The lowest BCUT2D eigenvalue weighted by atomic mass is 10.0. The molecule has 0 saturated carbocycles. The highest BCUT2D eigenvalue weighted by molar-refractivity contribution is 7.15. The molecule has 2 aromatic carbocycles. The van der Waals surface area contributed by atoms with Crippen molar-refractivity contribution >= 4 is 17.4 Å². The Bertz CT molecular complexity index is 1180. The summed E-state index contributed by atoms with van der Waals surface area (Å²) < 4.78 is 44.9. The van der Waals surface area contributed by atoms with Crippen molar-refractivity contribution in [2.75, 3.05) is 0 Å². The predicted molar refractivity (Wildman–Crippen MR) is 122 cm³/mol. The Morgan fingerprint density at radius 2 is 1.91 bits per heavy atom. The molecule has 34 heavy (non-hydrogen) atoms. The summed E-state index contributed by atoms with van der Waals surface area (Å²) in [6, 6.07) is 10.7. The number of hydrogen-bond donors (Lipinski definition) is 2. The summed E-state index contributed by atoms with van der Waals surface area (Å²) in [6.07, 6.45) is -4.16. The number of amides is 1. The van der Waals surface area contributed by atoms with Crippen LogP contribution in [0.25, 0.3) is 10.6 Å². The topological polar surface area (TPSA) is 72.5 Å². The van der Waals surface area contributed by atoms with Crippen molar-refractivity contribution in [2.24, 2.45) is 0 Å². The molecule has 2 unspecified atom stereocenters. The first kappa shape index (κ1) is 24.0. The molecule has 4 rings (SSSR count). The van der Waals surface area contributed by atoms with Crippen LogP contribution in [0.15, 0.2) is 42.5 Å². The largest absolute Gasteiger partial charge is 0.485 e. The monoisotopic (exact) mass is 491 g/mol. The quantitative estimate of drug-likeness (QED) is 0.396. The van der Waals surface area contributed by atoms with Gasteiger partial charge in [0.05, 0.1) is 16.1 Å². The van der Waals surface area contributed by atoms with E-state index in [2.05, 4.69) is 15.8 Å². The highest BCUT2D eigenvalue weighted by atomic mass is 32.1. The van der Waals surface area contributed by atoms with E-state index in [9.17, 15) is 18.0 Å². The number of rotatable bonds is 7. The highest BCUT2D eigenvalue weighted by Crippen LogP contribution is 2.37. The summed E-state index contributed by atoms with van der Waals surface area (Å²) in [6.45, 7) is 5.90. The lowest BCUT2D eigenvalue weighted by molar-refractivity contribution is -0.137. The number of carbonyl (C=O) groups excluding carboxylic acids is 1. The molecule has 3 aromatic rings. The van der Waals surface area contributed by atoms with Crippen LogP contribution >= 0.6 is 11.3 Å². The van der Waals surface area contributed by atoms with Gasteiger partial charge >= 0.3 is 12.3 Å². The molecule has 180 valence electrons. The minimum Gasteiger partial charge on any atom is -0.485 e. The molecular weight excluding hydrogens is 467 g/mol. The second-order valence-corrected chi connectivity index (χ2v) is 8.89. The van der Waals surface area contributed by atoms with Gasteiger partial charge in [-0.25, -0.2) is 9.78 Å². The Hall–Kier alpha value is -3.11. The summed E-state index contributed by atoms with van der Waals surface area (Å²) in [5, 5.41) is 3.35. The smallest absolute Gasteiger partial charge is 0.427 e. The number of aromatic nitrogens is 1. The third kappa shape index (κ3) is 5.02. The van der Waals surface area contributed by atoms with Gasteiger partial charge in [-0.05, 0) is 55.2 Å². The van der Waals surface area contributed by atoms with Gasteiger partial charge in [0.1, 0.15) is 23.0 Å². The summed E-state index contributed by atoms with van der Waals surface area (Å²) in [7, 11) is 0. The molecule has 1 fully saturated rings. The number of halogens is 3. The van der Waals surface area contributed by atoms with Crippen molar-refractivity contribution in [1.82, 2.24) is 15.8 Å². The van der Waals surface area contributed by atoms with E-state index >= 15 is 0 Å². The fourth-order valence-electron chi connectivity index (χ4n) is 3.79. The third-order valence-electron chi connectivity index (χ3n) is 5.57. The van der Waals surface area contributed by atoms with Gasteiger partial charge in [0, 0.05) is 5.56 Å². The molecule has 0 bridgehead atoms. The van der Waals surface area contributed by atoms with Gasteiger partial charge in [-0.15, -0.1) is 16.8 Å². The Morgan fingerprint density at radius 1 is 1.18 bits per heavy atom. The zero-order chi connectivity index (χ0) is 24.5. The van der Waals surface area contributed by atoms with Crippen LogP contribution in [0.2, 0.25) is 0 Å². The van der Waals surface area contributed by atoms with Gasteiger partial charge in [-0.1, -0.05) is 32.0 Å². The number of nitrogens with zero attached hydrogens (tertiary/aromatic N) is 1. The number of carbonyl (C=O) groups is 1. The minimum absolute atomic E-state index is 0.260. The molecule has 0 aliphatic carbocycles. The molecule has 1 aliphatic heterocycles. The van der Waals surface area contributed by atoms with Crippen LogP contribution in [0, 0.1) is 6.92 Å². The van der Waals surface area contributed by atoms with E-state index in [4.69, 9.17) is 9.57 Å². The van der Waals surface area contributed by atoms with Gasteiger partial charge in [0.25, 0.3) is 0 Å². The first-order chi connectivity index (χ1) is 16.2. The van der Waals surface area contributed by atoms with Gasteiger partial charge in [0.2, 0.25) is 0 Å². The molecule has 1 aliphatic rings. The van der Waals surface area contributed by atoms with Crippen LogP contribution in [-0.2, 0) is 17.4 Å². The molecular formula is C24H24F3N3O3S. The van der Waals surface area contributed by atoms with Crippen molar-refractivity contribution in [2.45, 2.75) is 52.1 Å². The molecule has 1 amide bonds. The third-order valence-corrected chi connectivity index (χ3v) is 6.87. The number of alkyl halides is 3. The SMILES string of the molecule is CCc1cc(OC(CC)c2sc(-c3ccc(C(F)(F)F)cc3)nc2C)ccc1C1NOC(=O)N1. The first-order valence-corrected chi connectivity index (χ1v) is 11.7. The van der Waals surface area contributed by atoms with E-state index in [0.29, 0.717) is 22.7 Å².